The van der Waals surface area contributed by atoms with Crippen molar-refractivity contribution in [3.05, 3.63) is 290 Å². The smallest absolute Gasteiger partial charge is 0.427 e. The van der Waals surface area contributed by atoms with Crippen molar-refractivity contribution in [2.75, 3.05) is 9.80 Å². The molecule has 0 unspecified atom stereocenters. The second kappa shape index (κ2) is 21.3. The van der Waals surface area contributed by atoms with E-state index in [1.165, 1.54) is 20.5 Å². The monoisotopic (exact) mass is 1110 g/mol. The van der Waals surface area contributed by atoms with Crippen LogP contribution in [0.1, 0.15) is 96.2 Å². The van der Waals surface area contributed by atoms with Gasteiger partial charge in [0.25, 0.3) is 11.8 Å². The van der Waals surface area contributed by atoms with Gasteiger partial charge in [0.2, 0.25) is 0 Å². The Bertz CT molecular complexity index is 4440. The predicted octanol–water partition coefficient (Wildman–Crippen LogP) is 17.1. The van der Waals surface area contributed by atoms with Crippen molar-refractivity contribution in [3.63, 3.8) is 0 Å². The number of dihydropyridines is 1. The van der Waals surface area contributed by atoms with Crippen LogP contribution in [0.4, 0.5) is 31.4 Å². The standard InChI is InChI=1S/C74H57BF2N4O4/c1-44-39-56(40-45(2)67(44)69(70-46(3)63-41-50-18-11-13-24-57(50)65(63)43-78-70)71-47(4)64-42-51-19-12-14-25-59(51)72(64)81(71)75(76)77)85-66(82)28-15-17-48-29-33-55(34-30-48)80-73(83)61-27-16-26-60-58(37-38-62(68(60)61)74(80)84)49-31-35-54(36-32-49)79(52-20-7-5-8-21-52)53-22-9-6-10-23-53/h5-14,16,18-27,29-40,43,78H,15,17,28,41-42H2,1-4H3/b70-69-. The first-order valence-electron chi connectivity index (χ1n) is 28.9. The molecule has 10 aromatic rings. The molecule has 85 heavy (non-hydrogen) atoms. The zero-order valence-electron chi connectivity index (χ0n) is 47.5. The Balaban J connectivity index is 0.681. The lowest BCUT2D eigenvalue weighted by Gasteiger charge is -2.28. The second-order valence-electron chi connectivity index (χ2n) is 22.5. The third kappa shape index (κ3) is 9.00. The summed E-state index contributed by atoms with van der Waals surface area (Å²) in [7, 11) is -2.82. The topological polar surface area (TPSA) is 83.9 Å². The van der Waals surface area contributed by atoms with Gasteiger partial charge in [0.15, 0.2) is 0 Å². The van der Waals surface area contributed by atoms with Crippen molar-refractivity contribution in [1.29, 1.82) is 0 Å². The molecule has 2 aliphatic heterocycles. The first-order chi connectivity index (χ1) is 41.4. The molecule has 0 bridgehead atoms. The molecule has 2 aliphatic carbocycles. The number of aryl methyl sites for hydroxylation is 3. The van der Waals surface area contributed by atoms with Gasteiger partial charge in [-0.1, -0.05) is 127 Å². The Morgan fingerprint density at radius 2 is 1.21 bits per heavy atom. The van der Waals surface area contributed by atoms with Crippen LogP contribution in [0.15, 0.2) is 223 Å². The fourth-order valence-corrected chi connectivity index (χ4v) is 13.6. The molecule has 3 heterocycles. The zero-order valence-corrected chi connectivity index (χ0v) is 47.5. The number of imide groups is 1. The molecule has 0 radical (unpaired) electrons. The molecule has 8 nitrogen and oxygen atoms in total. The number of carbonyl (C=O) groups excluding carboxylic acids is 3. The van der Waals surface area contributed by atoms with Crippen molar-refractivity contribution < 1.29 is 27.8 Å². The average molecular weight is 1120 g/mol. The quantitative estimate of drug-likeness (QED) is 0.0536. The summed E-state index contributed by atoms with van der Waals surface area (Å²) in [5.74, 6) is -0.809. The number of fused-ring (bicyclic) bond motifs is 6. The lowest BCUT2D eigenvalue weighted by molar-refractivity contribution is -0.134. The van der Waals surface area contributed by atoms with Gasteiger partial charge in [-0.05, 0) is 197 Å². The largest absolute Gasteiger partial charge is 0.678 e. The van der Waals surface area contributed by atoms with Gasteiger partial charge >= 0.3 is 13.4 Å². The van der Waals surface area contributed by atoms with Crippen molar-refractivity contribution >= 4 is 69.9 Å². The first-order valence-corrected chi connectivity index (χ1v) is 28.9. The number of nitrogens with zero attached hydrogens (tertiary/aromatic N) is 3. The summed E-state index contributed by atoms with van der Waals surface area (Å²) in [6.07, 6.45) is 4.49. The van der Waals surface area contributed by atoms with E-state index in [4.69, 9.17) is 4.74 Å². The Labute approximate surface area is 492 Å². The Morgan fingerprint density at radius 3 is 1.88 bits per heavy atom. The molecule has 9 aromatic carbocycles. The van der Waals surface area contributed by atoms with Gasteiger partial charge in [-0.15, -0.1) is 0 Å². The summed E-state index contributed by atoms with van der Waals surface area (Å²) >= 11 is 0. The molecule has 0 saturated carbocycles. The third-order valence-electron chi connectivity index (χ3n) is 17.5. The molecule has 0 atom stereocenters. The van der Waals surface area contributed by atoms with E-state index in [2.05, 4.69) is 77.8 Å². The van der Waals surface area contributed by atoms with E-state index in [-0.39, 0.29) is 6.42 Å². The van der Waals surface area contributed by atoms with Gasteiger partial charge in [0.1, 0.15) is 5.75 Å². The summed E-state index contributed by atoms with van der Waals surface area (Å²) in [4.78, 5) is 45.8. The first kappa shape index (κ1) is 52.9. The van der Waals surface area contributed by atoms with Gasteiger partial charge in [0.05, 0.1) is 11.4 Å². The lowest BCUT2D eigenvalue weighted by atomic mass is 9.85. The highest BCUT2D eigenvalue weighted by Gasteiger charge is 2.39. The number of halogens is 2. The van der Waals surface area contributed by atoms with Crippen LogP contribution in [-0.2, 0) is 24.1 Å². The Morgan fingerprint density at radius 1 is 0.624 bits per heavy atom. The third-order valence-corrected chi connectivity index (χ3v) is 17.5. The number of rotatable bonds is 13. The van der Waals surface area contributed by atoms with Crippen LogP contribution in [0.3, 0.4) is 0 Å². The van der Waals surface area contributed by atoms with Crippen molar-refractivity contribution in [2.45, 2.75) is 59.8 Å². The van der Waals surface area contributed by atoms with Crippen LogP contribution in [0.25, 0.3) is 44.3 Å². The maximum absolute atomic E-state index is 15.9. The number of esters is 1. The number of anilines is 4. The van der Waals surface area contributed by atoms with E-state index in [9.17, 15) is 14.4 Å². The van der Waals surface area contributed by atoms with E-state index in [1.807, 2.05) is 148 Å². The highest BCUT2D eigenvalue weighted by molar-refractivity contribution is 6.42. The average Bonchev–Trinajstić information content (AvgIpc) is 1.84. The highest BCUT2D eigenvalue weighted by atomic mass is 19.2. The number of allylic oxidation sites excluding steroid dienone is 3. The fraction of sp³-hybridized carbons (Fsp3) is 0.122. The van der Waals surface area contributed by atoms with Gasteiger partial charge in [-0.25, -0.2) is 4.90 Å². The number of amides is 2. The van der Waals surface area contributed by atoms with E-state index in [0.29, 0.717) is 64.2 Å². The number of aromatic nitrogens is 1. The van der Waals surface area contributed by atoms with Crippen LogP contribution in [0.5, 0.6) is 5.75 Å². The van der Waals surface area contributed by atoms with Crippen LogP contribution in [0.2, 0.25) is 0 Å². The fourth-order valence-electron chi connectivity index (χ4n) is 13.6. The van der Waals surface area contributed by atoms with Crippen molar-refractivity contribution in [1.82, 2.24) is 9.79 Å². The molecule has 1 N–H and O–H groups in total. The lowest BCUT2D eigenvalue weighted by Crippen LogP contribution is -2.40. The summed E-state index contributed by atoms with van der Waals surface area (Å²) in [6, 6.07) is 65.4. The molecular weight excluding hydrogens is 1060 g/mol. The molecular formula is C74H57BF2N4O4. The van der Waals surface area contributed by atoms with Crippen LogP contribution in [0, 0.1) is 20.8 Å². The molecule has 0 saturated heterocycles. The number of benzene rings is 9. The molecule has 414 valence electrons. The summed E-state index contributed by atoms with van der Waals surface area (Å²) < 4.78 is 39.1. The van der Waals surface area contributed by atoms with Crippen LogP contribution in [-0.4, -0.2) is 29.7 Å². The highest BCUT2D eigenvalue weighted by Crippen LogP contribution is 2.50. The van der Waals surface area contributed by atoms with E-state index >= 15 is 8.63 Å². The molecule has 0 spiro atoms. The van der Waals surface area contributed by atoms with Crippen molar-refractivity contribution in [2.24, 2.45) is 0 Å². The molecule has 4 aliphatic rings. The molecule has 11 heteroatoms. The summed E-state index contributed by atoms with van der Waals surface area (Å²) in [6.45, 7) is 7.94. The normalized spacial score (nSPS) is 14.4. The van der Waals surface area contributed by atoms with Gasteiger partial charge < -0.3 is 19.4 Å². The van der Waals surface area contributed by atoms with E-state index in [1.54, 1.807) is 18.2 Å². The Kier molecular flexibility index (Phi) is 13.2. The molecule has 14 rings (SSSR count). The number of hydrogen-bond donors (Lipinski definition) is 1. The molecule has 0 fully saturated rings. The Hall–Kier alpha value is -10.1. The number of carbonyl (C=O) groups is 3. The number of nitrogens with one attached hydrogen (secondary N) is 1. The zero-order chi connectivity index (χ0) is 58.2. The SMILES string of the molecule is CC1=C2Cc3ccccc3C2=CN/C1=C(/c1c(C)cc(OC(=O)CCCc2ccc(N3C(=O)c4cccc5c(-c6ccc(N(c7ccccc7)c7ccccc7)cc6)ccc(c45)C3=O)cc2)cc1C)c1c(C)c2c(n1B(F)F)-c1ccccc1C2. The maximum atomic E-state index is 15.9. The van der Waals surface area contributed by atoms with Crippen LogP contribution >= 0.6 is 0 Å². The summed E-state index contributed by atoms with van der Waals surface area (Å²) in [5, 5.41) is 5.09. The molecule has 2 amide bonds. The number of para-hydroxylation sites is 2. The minimum Gasteiger partial charge on any atom is -0.427 e. The van der Waals surface area contributed by atoms with Gasteiger partial charge in [-0.2, -0.15) is 0 Å². The van der Waals surface area contributed by atoms with Gasteiger partial charge in [-0.3, -0.25) is 23.0 Å². The minimum atomic E-state index is -2.82. The minimum absolute atomic E-state index is 0.134. The number of hydrogen-bond acceptors (Lipinski definition) is 6. The van der Waals surface area contributed by atoms with Crippen LogP contribution < -0.4 is 19.9 Å². The van der Waals surface area contributed by atoms with Crippen molar-refractivity contribution in [3.8, 4) is 28.1 Å². The predicted molar refractivity (Wildman–Crippen MR) is 337 cm³/mol. The molecule has 1 aromatic heterocycles. The van der Waals surface area contributed by atoms with E-state index < -0.39 is 25.2 Å². The maximum Gasteiger partial charge on any atom is 0.678 e. The summed E-state index contributed by atoms with van der Waals surface area (Å²) in [5.41, 5.74) is 21.3. The van der Waals surface area contributed by atoms with Gasteiger partial charge in [0, 0.05) is 80.7 Å². The number of ether oxygens (including phenoxy) is 1. The second-order valence-corrected chi connectivity index (χ2v) is 22.5. The van der Waals surface area contributed by atoms with E-state index in [0.717, 1.165) is 107 Å².